The Kier molecular flexibility index (Phi) is 3.00. The molecule has 0 aromatic heterocycles. The molecule has 2 aliphatic heterocycles. The molecule has 1 atom stereocenters. The van der Waals surface area contributed by atoms with Crippen molar-refractivity contribution in [3.8, 4) is 5.75 Å². The summed E-state index contributed by atoms with van der Waals surface area (Å²) < 4.78 is 0. The zero-order valence-corrected chi connectivity index (χ0v) is 12.3. The monoisotopic (exact) mass is 279 g/mol. The van der Waals surface area contributed by atoms with Gasteiger partial charge >= 0.3 is 0 Å². The van der Waals surface area contributed by atoms with Gasteiger partial charge in [-0.15, -0.1) is 0 Å². The summed E-state index contributed by atoms with van der Waals surface area (Å²) in [7, 11) is 0. The highest BCUT2D eigenvalue weighted by atomic mass is 16.3. The second kappa shape index (κ2) is 4.88. The third kappa shape index (κ3) is 1.90. The van der Waals surface area contributed by atoms with Crippen LogP contribution in [0.4, 0.5) is 0 Å². The summed E-state index contributed by atoms with van der Waals surface area (Å²) in [5.41, 5.74) is 4.13. The van der Waals surface area contributed by atoms with E-state index in [1.807, 2.05) is 12.1 Å². The van der Waals surface area contributed by atoms with Crippen molar-refractivity contribution in [3.05, 3.63) is 65.2 Å². The van der Waals surface area contributed by atoms with Crippen LogP contribution in [0.2, 0.25) is 0 Å². The van der Waals surface area contributed by atoms with Crippen molar-refractivity contribution in [2.75, 3.05) is 13.1 Å². The fourth-order valence-electron chi connectivity index (χ4n) is 4.28. The molecule has 1 fully saturated rings. The molecule has 1 N–H and O–H groups in total. The van der Waals surface area contributed by atoms with Gasteiger partial charge in [0.1, 0.15) is 5.75 Å². The van der Waals surface area contributed by atoms with Crippen molar-refractivity contribution >= 4 is 0 Å². The van der Waals surface area contributed by atoms with Crippen LogP contribution < -0.4 is 0 Å². The number of rotatable bonds is 1. The van der Waals surface area contributed by atoms with Crippen LogP contribution in [0.25, 0.3) is 0 Å². The number of piperidine rings is 1. The van der Waals surface area contributed by atoms with E-state index in [0.29, 0.717) is 5.75 Å². The molecule has 2 aliphatic rings. The molecule has 2 heterocycles. The van der Waals surface area contributed by atoms with Crippen molar-refractivity contribution in [1.82, 2.24) is 4.90 Å². The van der Waals surface area contributed by atoms with E-state index in [-0.39, 0.29) is 5.54 Å². The van der Waals surface area contributed by atoms with Crippen LogP contribution in [-0.4, -0.2) is 23.1 Å². The first kappa shape index (κ1) is 12.9. The Balaban J connectivity index is 1.95. The van der Waals surface area contributed by atoms with E-state index in [4.69, 9.17) is 0 Å². The minimum Gasteiger partial charge on any atom is -0.508 e. The molecule has 2 aromatic rings. The number of hydrogen-bond donors (Lipinski definition) is 1. The average molecular weight is 279 g/mol. The van der Waals surface area contributed by atoms with Crippen LogP contribution >= 0.6 is 0 Å². The van der Waals surface area contributed by atoms with E-state index in [1.165, 1.54) is 42.5 Å². The zero-order chi connectivity index (χ0) is 14.3. The molecule has 2 aromatic carbocycles. The highest BCUT2D eigenvalue weighted by Crippen LogP contribution is 2.47. The lowest BCUT2D eigenvalue weighted by Crippen LogP contribution is -2.53. The van der Waals surface area contributed by atoms with E-state index < -0.39 is 0 Å². The quantitative estimate of drug-likeness (QED) is 0.861. The molecular formula is C19H21NO. The number of fused-ring (bicyclic) bond motifs is 3. The summed E-state index contributed by atoms with van der Waals surface area (Å²) in [5, 5.41) is 9.83. The summed E-state index contributed by atoms with van der Waals surface area (Å²) in [6, 6.07) is 16.9. The topological polar surface area (TPSA) is 23.5 Å². The van der Waals surface area contributed by atoms with Crippen molar-refractivity contribution in [2.24, 2.45) is 0 Å². The second-order valence-corrected chi connectivity index (χ2v) is 6.26. The molecule has 0 spiro atoms. The van der Waals surface area contributed by atoms with Gasteiger partial charge in [0.25, 0.3) is 0 Å². The fourth-order valence-corrected chi connectivity index (χ4v) is 4.28. The molecular weight excluding hydrogens is 258 g/mol. The average Bonchev–Trinajstić information content (AvgIpc) is 2.55. The molecule has 0 radical (unpaired) electrons. The maximum atomic E-state index is 9.83. The zero-order valence-electron chi connectivity index (χ0n) is 12.3. The smallest absolute Gasteiger partial charge is 0.115 e. The van der Waals surface area contributed by atoms with Gasteiger partial charge in [0.2, 0.25) is 0 Å². The number of phenols is 1. The minimum atomic E-state index is 0.0147. The number of benzene rings is 2. The molecule has 0 bridgehead atoms. The van der Waals surface area contributed by atoms with Gasteiger partial charge in [-0.2, -0.15) is 0 Å². The fraction of sp³-hybridized carbons (Fsp3) is 0.368. The molecule has 0 amide bonds. The molecule has 2 nitrogen and oxygen atoms in total. The number of hydrogen-bond acceptors (Lipinski definition) is 2. The highest BCUT2D eigenvalue weighted by Gasteiger charge is 2.45. The van der Waals surface area contributed by atoms with E-state index in [9.17, 15) is 5.11 Å². The maximum absolute atomic E-state index is 9.83. The Morgan fingerprint density at radius 2 is 1.81 bits per heavy atom. The van der Waals surface area contributed by atoms with E-state index in [1.54, 1.807) is 0 Å². The Morgan fingerprint density at radius 1 is 0.952 bits per heavy atom. The minimum absolute atomic E-state index is 0.0147. The second-order valence-electron chi connectivity index (χ2n) is 6.26. The molecule has 4 rings (SSSR count). The summed E-state index contributed by atoms with van der Waals surface area (Å²) in [4.78, 5) is 2.66. The van der Waals surface area contributed by atoms with Crippen LogP contribution in [0.3, 0.4) is 0 Å². The lowest BCUT2D eigenvalue weighted by atomic mass is 9.71. The van der Waals surface area contributed by atoms with Crippen LogP contribution in [0.15, 0.2) is 48.5 Å². The Morgan fingerprint density at radius 3 is 2.67 bits per heavy atom. The lowest BCUT2D eigenvalue weighted by Gasteiger charge is -2.51. The Hall–Kier alpha value is -1.80. The Labute approximate surface area is 126 Å². The normalized spacial score (nSPS) is 25.1. The molecule has 108 valence electrons. The molecule has 21 heavy (non-hydrogen) atoms. The number of aromatic hydroxyl groups is 1. The third-order valence-electron chi connectivity index (χ3n) is 5.19. The molecule has 2 heteroatoms. The predicted molar refractivity (Wildman–Crippen MR) is 84.5 cm³/mol. The van der Waals surface area contributed by atoms with E-state index in [2.05, 4.69) is 41.3 Å². The third-order valence-corrected chi connectivity index (χ3v) is 5.19. The van der Waals surface area contributed by atoms with Crippen molar-refractivity contribution in [2.45, 2.75) is 31.2 Å². The van der Waals surface area contributed by atoms with Crippen molar-refractivity contribution < 1.29 is 5.11 Å². The maximum Gasteiger partial charge on any atom is 0.115 e. The van der Waals surface area contributed by atoms with Gasteiger partial charge in [0, 0.05) is 6.54 Å². The number of nitrogens with zero attached hydrogens (tertiary/aromatic N) is 1. The van der Waals surface area contributed by atoms with E-state index >= 15 is 0 Å². The van der Waals surface area contributed by atoms with Crippen LogP contribution in [0.5, 0.6) is 5.75 Å². The standard InChI is InChI=1S/C19H21NO/c21-17-8-9-18-15(14-17)10-13-20-12-5-4-11-19(18,20)16-6-2-1-3-7-16/h1-3,6-9,14,21H,4-5,10-13H2. The lowest BCUT2D eigenvalue weighted by molar-refractivity contribution is 0.0673. The molecule has 1 saturated heterocycles. The predicted octanol–water partition coefficient (Wildman–Crippen LogP) is 3.68. The van der Waals surface area contributed by atoms with Gasteiger partial charge in [-0.3, -0.25) is 4.90 Å². The van der Waals surface area contributed by atoms with Gasteiger partial charge in [-0.05, 0) is 61.1 Å². The van der Waals surface area contributed by atoms with Gasteiger partial charge in [0.05, 0.1) is 5.54 Å². The van der Waals surface area contributed by atoms with Gasteiger partial charge < -0.3 is 5.11 Å². The summed E-state index contributed by atoms with van der Waals surface area (Å²) in [5.74, 6) is 0.390. The SMILES string of the molecule is Oc1ccc2c(c1)CCN1CCCCC21c1ccccc1. The molecule has 0 aliphatic carbocycles. The molecule has 0 saturated carbocycles. The van der Waals surface area contributed by atoms with Crippen LogP contribution in [0, 0.1) is 0 Å². The first-order valence-electron chi connectivity index (χ1n) is 7.94. The van der Waals surface area contributed by atoms with Crippen molar-refractivity contribution in [3.63, 3.8) is 0 Å². The Bertz CT molecular complexity index is 652. The van der Waals surface area contributed by atoms with Gasteiger partial charge in [-0.25, -0.2) is 0 Å². The van der Waals surface area contributed by atoms with E-state index in [0.717, 1.165) is 13.0 Å². The van der Waals surface area contributed by atoms with Crippen LogP contribution in [0.1, 0.15) is 36.0 Å². The van der Waals surface area contributed by atoms with Crippen LogP contribution in [-0.2, 0) is 12.0 Å². The first-order chi connectivity index (χ1) is 10.3. The first-order valence-corrected chi connectivity index (χ1v) is 7.94. The summed E-state index contributed by atoms with van der Waals surface area (Å²) in [6.07, 6.45) is 4.78. The molecule has 1 unspecified atom stereocenters. The largest absolute Gasteiger partial charge is 0.508 e. The van der Waals surface area contributed by atoms with Gasteiger partial charge in [0.15, 0.2) is 0 Å². The van der Waals surface area contributed by atoms with Gasteiger partial charge in [-0.1, -0.05) is 36.4 Å². The summed E-state index contributed by atoms with van der Waals surface area (Å²) in [6.45, 7) is 2.26. The number of phenolic OH excluding ortho intramolecular Hbond substituents is 1. The highest BCUT2D eigenvalue weighted by molar-refractivity contribution is 5.48. The summed E-state index contributed by atoms with van der Waals surface area (Å²) >= 11 is 0. The van der Waals surface area contributed by atoms with Crippen molar-refractivity contribution in [1.29, 1.82) is 0 Å².